The van der Waals surface area contributed by atoms with Crippen molar-refractivity contribution in [2.45, 2.75) is 47.1 Å². The molecule has 0 N–H and O–H groups in total. The molecule has 0 radical (unpaired) electrons. The van der Waals surface area contributed by atoms with E-state index in [1.165, 1.54) is 13.3 Å². The van der Waals surface area contributed by atoms with Crippen LogP contribution in [0.25, 0.3) is 0 Å². The first-order valence-corrected chi connectivity index (χ1v) is 6.69. The van der Waals surface area contributed by atoms with Crippen molar-refractivity contribution in [3.8, 4) is 0 Å². The van der Waals surface area contributed by atoms with Crippen molar-refractivity contribution in [1.82, 2.24) is 9.88 Å². The smallest absolute Gasteiger partial charge is 0.178 e. The predicted molar refractivity (Wildman–Crippen MR) is 76.8 cm³/mol. The summed E-state index contributed by atoms with van der Waals surface area (Å²) in [6, 6.07) is 3.76. The van der Waals surface area contributed by atoms with E-state index in [0.717, 1.165) is 25.1 Å². The van der Waals surface area contributed by atoms with Crippen LogP contribution >= 0.6 is 0 Å². The summed E-state index contributed by atoms with van der Waals surface area (Å²) in [6.07, 6.45) is 4.18. The topological polar surface area (TPSA) is 33.2 Å². The van der Waals surface area contributed by atoms with Gasteiger partial charge in [-0.3, -0.25) is 9.78 Å². The molecule has 18 heavy (non-hydrogen) atoms. The van der Waals surface area contributed by atoms with Gasteiger partial charge in [0.05, 0.1) is 0 Å². The molecule has 1 aromatic heterocycles. The van der Waals surface area contributed by atoms with Gasteiger partial charge in [0.2, 0.25) is 0 Å². The maximum atomic E-state index is 11.0. The number of hydrogen-bond acceptors (Lipinski definition) is 3. The van der Waals surface area contributed by atoms with Crippen LogP contribution < -0.4 is 0 Å². The lowest BCUT2D eigenvalue weighted by Gasteiger charge is -2.14. The van der Waals surface area contributed by atoms with Crippen molar-refractivity contribution in [3.63, 3.8) is 0 Å². The summed E-state index contributed by atoms with van der Waals surface area (Å²) in [7, 11) is 2.09. The van der Waals surface area contributed by atoms with Crippen molar-refractivity contribution < 1.29 is 4.79 Å². The van der Waals surface area contributed by atoms with Gasteiger partial charge in [0.15, 0.2) is 5.78 Å². The summed E-state index contributed by atoms with van der Waals surface area (Å²) in [6.45, 7) is 9.91. The number of hydrogen-bond donors (Lipinski definition) is 0. The summed E-state index contributed by atoms with van der Waals surface area (Å²) >= 11 is 0. The highest BCUT2D eigenvalue weighted by Gasteiger charge is 2.02. The SMILES string of the molecule is CCC.CCCN(C)Cc1ccc(C(C)=O)nc1. The van der Waals surface area contributed by atoms with Gasteiger partial charge >= 0.3 is 0 Å². The van der Waals surface area contributed by atoms with E-state index in [4.69, 9.17) is 0 Å². The molecule has 0 amide bonds. The van der Waals surface area contributed by atoms with E-state index in [1.54, 1.807) is 12.3 Å². The van der Waals surface area contributed by atoms with E-state index in [-0.39, 0.29) is 5.78 Å². The zero-order chi connectivity index (χ0) is 14.0. The zero-order valence-corrected chi connectivity index (χ0v) is 12.4. The fourth-order valence-electron chi connectivity index (χ4n) is 1.50. The van der Waals surface area contributed by atoms with Crippen LogP contribution in [0.5, 0.6) is 0 Å². The van der Waals surface area contributed by atoms with Crippen molar-refractivity contribution in [2.75, 3.05) is 13.6 Å². The molecule has 1 rings (SSSR count). The van der Waals surface area contributed by atoms with Crippen molar-refractivity contribution in [1.29, 1.82) is 0 Å². The molecule has 1 aromatic rings. The first-order chi connectivity index (χ1) is 8.54. The second-order valence-corrected chi connectivity index (χ2v) is 4.55. The van der Waals surface area contributed by atoms with Gasteiger partial charge in [0.25, 0.3) is 0 Å². The molecule has 3 nitrogen and oxygen atoms in total. The van der Waals surface area contributed by atoms with Crippen LogP contribution in [0.3, 0.4) is 0 Å². The van der Waals surface area contributed by atoms with E-state index in [1.807, 2.05) is 6.07 Å². The summed E-state index contributed by atoms with van der Waals surface area (Å²) in [4.78, 5) is 17.4. The molecule has 0 fully saturated rings. The highest BCUT2D eigenvalue weighted by atomic mass is 16.1. The number of carbonyl (C=O) groups excluding carboxylic acids is 1. The third-order valence-corrected chi connectivity index (χ3v) is 2.24. The second-order valence-electron chi connectivity index (χ2n) is 4.55. The normalized spacial score (nSPS) is 9.89. The van der Waals surface area contributed by atoms with E-state index < -0.39 is 0 Å². The minimum atomic E-state index is 0.0171. The lowest BCUT2D eigenvalue weighted by molar-refractivity contribution is 0.101. The fraction of sp³-hybridized carbons (Fsp3) is 0.600. The highest BCUT2D eigenvalue weighted by Crippen LogP contribution is 2.04. The number of nitrogens with zero attached hydrogens (tertiary/aromatic N) is 2. The molecule has 1 heterocycles. The monoisotopic (exact) mass is 250 g/mol. The Labute approximate surface area is 111 Å². The molecule has 102 valence electrons. The Bertz CT molecular complexity index is 333. The van der Waals surface area contributed by atoms with Gasteiger partial charge in [-0.1, -0.05) is 33.3 Å². The van der Waals surface area contributed by atoms with Crippen LogP contribution in [0.4, 0.5) is 0 Å². The van der Waals surface area contributed by atoms with Gasteiger partial charge in [0, 0.05) is 19.7 Å². The van der Waals surface area contributed by atoms with Crippen LogP contribution in [-0.4, -0.2) is 29.3 Å². The van der Waals surface area contributed by atoms with Crippen molar-refractivity contribution in [3.05, 3.63) is 29.6 Å². The fourth-order valence-corrected chi connectivity index (χ4v) is 1.50. The molecule has 0 atom stereocenters. The third kappa shape index (κ3) is 7.17. The van der Waals surface area contributed by atoms with Gasteiger partial charge in [-0.15, -0.1) is 0 Å². The lowest BCUT2D eigenvalue weighted by atomic mass is 10.2. The molecule has 0 aliphatic rings. The maximum Gasteiger partial charge on any atom is 0.178 e. The Morgan fingerprint density at radius 3 is 2.28 bits per heavy atom. The van der Waals surface area contributed by atoms with Crippen LogP contribution in [0, 0.1) is 0 Å². The Balaban J connectivity index is 0.000000873. The Hall–Kier alpha value is -1.22. The average molecular weight is 250 g/mol. The molecule has 0 saturated carbocycles. The van der Waals surface area contributed by atoms with E-state index >= 15 is 0 Å². The molecule has 0 aromatic carbocycles. The number of aromatic nitrogens is 1. The third-order valence-electron chi connectivity index (χ3n) is 2.24. The molecule has 0 unspecified atom stereocenters. The highest BCUT2D eigenvalue weighted by molar-refractivity contribution is 5.91. The van der Waals surface area contributed by atoms with E-state index in [9.17, 15) is 4.79 Å². The Morgan fingerprint density at radius 1 is 1.28 bits per heavy atom. The quantitative estimate of drug-likeness (QED) is 0.749. The van der Waals surface area contributed by atoms with Crippen LogP contribution in [0.1, 0.15) is 56.6 Å². The van der Waals surface area contributed by atoms with E-state index in [0.29, 0.717) is 5.69 Å². The van der Waals surface area contributed by atoms with Gasteiger partial charge in [-0.2, -0.15) is 0 Å². The molecule has 0 spiro atoms. The van der Waals surface area contributed by atoms with Crippen molar-refractivity contribution >= 4 is 5.78 Å². The summed E-state index contributed by atoms with van der Waals surface area (Å²) < 4.78 is 0. The van der Waals surface area contributed by atoms with Crippen molar-refractivity contribution in [2.24, 2.45) is 0 Å². The van der Waals surface area contributed by atoms with Crippen LogP contribution in [0.15, 0.2) is 18.3 Å². The Morgan fingerprint density at radius 2 is 1.89 bits per heavy atom. The minimum absolute atomic E-state index is 0.0171. The molecular formula is C15H26N2O. The maximum absolute atomic E-state index is 11.0. The summed E-state index contributed by atoms with van der Waals surface area (Å²) in [5.74, 6) is 0.0171. The summed E-state index contributed by atoms with van der Waals surface area (Å²) in [5, 5.41) is 0. The first kappa shape index (κ1) is 16.8. The number of ketones is 1. The Kier molecular flexibility index (Phi) is 9.11. The molecule has 0 aliphatic heterocycles. The average Bonchev–Trinajstić information content (AvgIpc) is 2.31. The molecule has 0 aliphatic carbocycles. The van der Waals surface area contributed by atoms with Gasteiger partial charge in [-0.05, 0) is 31.6 Å². The predicted octanol–water partition coefficient (Wildman–Crippen LogP) is 3.54. The standard InChI is InChI=1S/C12H18N2O.C3H8/c1-4-7-14(3)9-11-5-6-12(10(2)15)13-8-11;1-3-2/h5-6,8H,4,7,9H2,1-3H3;3H2,1-2H3. The number of carbonyl (C=O) groups is 1. The van der Waals surface area contributed by atoms with Gasteiger partial charge in [-0.25, -0.2) is 0 Å². The summed E-state index contributed by atoms with van der Waals surface area (Å²) in [5.41, 5.74) is 1.69. The number of Topliss-reactive ketones (excluding diaryl/α,β-unsaturated/α-hetero) is 1. The zero-order valence-electron chi connectivity index (χ0n) is 12.4. The number of pyridine rings is 1. The molecule has 0 saturated heterocycles. The largest absolute Gasteiger partial charge is 0.302 e. The van der Waals surface area contributed by atoms with Crippen LogP contribution in [0.2, 0.25) is 0 Å². The number of rotatable bonds is 5. The molecular weight excluding hydrogens is 224 g/mol. The van der Waals surface area contributed by atoms with Gasteiger partial charge < -0.3 is 4.90 Å². The minimum Gasteiger partial charge on any atom is -0.302 e. The van der Waals surface area contributed by atoms with Crippen LogP contribution in [-0.2, 0) is 6.54 Å². The first-order valence-electron chi connectivity index (χ1n) is 6.69. The van der Waals surface area contributed by atoms with E-state index in [2.05, 4.69) is 37.7 Å². The molecule has 3 heteroatoms. The molecule has 0 bridgehead atoms. The second kappa shape index (κ2) is 9.77. The van der Waals surface area contributed by atoms with Gasteiger partial charge in [0.1, 0.15) is 5.69 Å². The lowest BCUT2D eigenvalue weighted by Crippen LogP contribution is -2.18.